The van der Waals surface area contributed by atoms with E-state index in [0.29, 0.717) is 13.0 Å². The summed E-state index contributed by atoms with van der Waals surface area (Å²) >= 11 is 0. The summed E-state index contributed by atoms with van der Waals surface area (Å²) in [6, 6.07) is 8.64. The van der Waals surface area contributed by atoms with Gasteiger partial charge in [-0.2, -0.15) is 0 Å². The zero-order valence-electron chi connectivity index (χ0n) is 14.0. The molecular weight excluding hydrogens is 288 g/mol. The predicted molar refractivity (Wildman–Crippen MR) is 91.2 cm³/mol. The summed E-state index contributed by atoms with van der Waals surface area (Å²) in [5.74, 6) is 0.904. The lowest BCUT2D eigenvalue weighted by molar-refractivity contribution is -0.134. The molecule has 126 valence electrons. The maximum absolute atomic E-state index is 12.4. The van der Waals surface area contributed by atoms with E-state index in [9.17, 15) is 9.90 Å². The molecule has 0 spiro atoms. The van der Waals surface area contributed by atoms with E-state index in [0.717, 1.165) is 38.3 Å². The number of aliphatic hydroxyl groups is 1. The molecular formula is C19H28N2O2. The zero-order valence-corrected chi connectivity index (χ0v) is 14.0. The van der Waals surface area contributed by atoms with Gasteiger partial charge in [0.25, 0.3) is 0 Å². The van der Waals surface area contributed by atoms with Crippen molar-refractivity contribution in [2.75, 3.05) is 19.6 Å². The molecule has 0 aromatic heterocycles. The third-order valence-corrected chi connectivity index (χ3v) is 5.29. The van der Waals surface area contributed by atoms with Crippen LogP contribution in [0.3, 0.4) is 0 Å². The topological polar surface area (TPSA) is 52.6 Å². The van der Waals surface area contributed by atoms with Gasteiger partial charge in [-0.15, -0.1) is 0 Å². The molecule has 2 atom stereocenters. The molecule has 4 nitrogen and oxygen atoms in total. The highest BCUT2D eigenvalue weighted by atomic mass is 16.3. The number of carbonyl (C=O) groups is 1. The van der Waals surface area contributed by atoms with Crippen molar-refractivity contribution in [1.82, 2.24) is 10.2 Å². The van der Waals surface area contributed by atoms with Crippen molar-refractivity contribution in [1.29, 1.82) is 0 Å². The summed E-state index contributed by atoms with van der Waals surface area (Å²) in [6.07, 6.45) is 4.75. The molecule has 0 radical (unpaired) electrons. The molecule has 2 aliphatic rings. The van der Waals surface area contributed by atoms with Crippen molar-refractivity contribution in [2.45, 2.75) is 51.2 Å². The maximum Gasteiger partial charge on any atom is 0.239 e. The number of benzene rings is 1. The third kappa shape index (κ3) is 4.33. The van der Waals surface area contributed by atoms with Crippen LogP contribution in [0, 0.1) is 12.8 Å². The molecule has 1 aromatic rings. The molecule has 3 rings (SSSR count). The van der Waals surface area contributed by atoms with Crippen molar-refractivity contribution in [3.05, 3.63) is 35.4 Å². The number of hydrogen-bond acceptors (Lipinski definition) is 3. The third-order valence-electron chi connectivity index (χ3n) is 5.29. The Kier molecular flexibility index (Phi) is 5.34. The molecule has 23 heavy (non-hydrogen) atoms. The van der Waals surface area contributed by atoms with E-state index < -0.39 is 0 Å². The first-order chi connectivity index (χ1) is 11.1. The van der Waals surface area contributed by atoms with Crippen molar-refractivity contribution >= 4 is 5.91 Å². The number of hydrogen-bond donors (Lipinski definition) is 2. The standard InChI is InChI=1S/C19H28N2O2/c1-14-2-4-15(5-3-14)6-7-16-8-10-21(11-9-16)19(23)18-12-17(22)13-20-18/h2-5,16-18,20,22H,6-13H2,1H3/t17-,18+/m0/s1. The van der Waals surface area contributed by atoms with Crippen molar-refractivity contribution in [3.8, 4) is 0 Å². The van der Waals surface area contributed by atoms with E-state index in [2.05, 4.69) is 36.5 Å². The maximum atomic E-state index is 12.4. The van der Waals surface area contributed by atoms with Crippen molar-refractivity contribution in [3.63, 3.8) is 0 Å². The second kappa shape index (κ2) is 7.45. The van der Waals surface area contributed by atoms with Crippen LogP contribution in [0.4, 0.5) is 0 Å². The van der Waals surface area contributed by atoms with E-state index in [1.54, 1.807) is 0 Å². The van der Waals surface area contributed by atoms with Crippen LogP contribution in [-0.4, -0.2) is 47.7 Å². The largest absolute Gasteiger partial charge is 0.392 e. The monoisotopic (exact) mass is 316 g/mol. The van der Waals surface area contributed by atoms with Crippen LogP contribution in [0.1, 0.15) is 36.8 Å². The van der Waals surface area contributed by atoms with Gasteiger partial charge in [0.05, 0.1) is 12.1 Å². The first kappa shape index (κ1) is 16.5. The van der Waals surface area contributed by atoms with Gasteiger partial charge in [-0.25, -0.2) is 0 Å². The Morgan fingerprint density at radius 1 is 1.26 bits per heavy atom. The Hall–Kier alpha value is -1.39. The summed E-state index contributed by atoms with van der Waals surface area (Å²) in [5.41, 5.74) is 2.73. The van der Waals surface area contributed by atoms with Gasteiger partial charge >= 0.3 is 0 Å². The van der Waals surface area contributed by atoms with Crippen LogP contribution in [0.15, 0.2) is 24.3 Å². The lowest BCUT2D eigenvalue weighted by Crippen LogP contribution is -2.47. The number of aryl methyl sites for hydroxylation is 2. The number of rotatable bonds is 4. The number of amides is 1. The minimum atomic E-state index is -0.365. The SMILES string of the molecule is Cc1ccc(CCC2CCN(C(=O)[C@H]3C[C@H](O)CN3)CC2)cc1. The summed E-state index contributed by atoms with van der Waals surface area (Å²) in [7, 11) is 0. The van der Waals surface area contributed by atoms with Crippen LogP contribution in [0.25, 0.3) is 0 Å². The lowest BCUT2D eigenvalue weighted by Gasteiger charge is -2.33. The smallest absolute Gasteiger partial charge is 0.239 e. The Bertz CT molecular complexity index is 521. The second-order valence-electron chi connectivity index (χ2n) is 7.14. The number of piperidine rings is 1. The fourth-order valence-electron chi connectivity index (χ4n) is 3.69. The van der Waals surface area contributed by atoms with E-state index >= 15 is 0 Å². The quantitative estimate of drug-likeness (QED) is 0.892. The normalized spacial score (nSPS) is 25.7. The van der Waals surface area contributed by atoms with Crippen LogP contribution in [-0.2, 0) is 11.2 Å². The number of nitrogens with one attached hydrogen (secondary N) is 1. The Balaban J connectivity index is 1.41. The van der Waals surface area contributed by atoms with Gasteiger partial charge in [-0.3, -0.25) is 4.79 Å². The predicted octanol–water partition coefficient (Wildman–Crippen LogP) is 1.89. The van der Waals surface area contributed by atoms with Crippen LogP contribution >= 0.6 is 0 Å². The fourth-order valence-corrected chi connectivity index (χ4v) is 3.69. The van der Waals surface area contributed by atoms with Crippen LogP contribution in [0.2, 0.25) is 0 Å². The van der Waals surface area contributed by atoms with Crippen molar-refractivity contribution < 1.29 is 9.90 Å². The molecule has 1 aromatic carbocycles. The summed E-state index contributed by atoms with van der Waals surface area (Å²) in [5, 5.41) is 12.7. The highest BCUT2D eigenvalue weighted by Crippen LogP contribution is 2.24. The van der Waals surface area contributed by atoms with Gasteiger partial charge in [0.2, 0.25) is 5.91 Å². The average molecular weight is 316 g/mol. The van der Waals surface area contributed by atoms with Crippen LogP contribution in [0.5, 0.6) is 0 Å². The van der Waals surface area contributed by atoms with Gasteiger partial charge < -0.3 is 15.3 Å². The number of β-amino-alcohol motifs (C(OH)–C–C–N with tert-alkyl or cyclic N) is 1. The number of aliphatic hydroxyl groups excluding tert-OH is 1. The molecule has 0 unspecified atom stereocenters. The fraction of sp³-hybridized carbons (Fsp3) is 0.632. The Morgan fingerprint density at radius 3 is 2.57 bits per heavy atom. The molecule has 0 bridgehead atoms. The van der Waals surface area contributed by atoms with Gasteiger partial charge in [-0.05, 0) is 50.5 Å². The Labute approximate surface area is 138 Å². The minimum Gasteiger partial charge on any atom is -0.392 e. The van der Waals surface area contributed by atoms with Gasteiger partial charge in [0.15, 0.2) is 0 Å². The van der Waals surface area contributed by atoms with Crippen LogP contribution < -0.4 is 5.32 Å². The number of carbonyl (C=O) groups excluding carboxylic acids is 1. The van der Waals surface area contributed by atoms with E-state index in [1.807, 2.05) is 4.90 Å². The average Bonchev–Trinajstić information content (AvgIpc) is 3.01. The second-order valence-corrected chi connectivity index (χ2v) is 7.14. The molecule has 2 heterocycles. The highest BCUT2D eigenvalue weighted by molar-refractivity contribution is 5.82. The summed E-state index contributed by atoms with van der Waals surface area (Å²) < 4.78 is 0. The molecule has 4 heteroatoms. The molecule has 2 aliphatic heterocycles. The van der Waals surface area contributed by atoms with E-state index in [1.165, 1.54) is 17.5 Å². The first-order valence-corrected chi connectivity index (χ1v) is 8.87. The van der Waals surface area contributed by atoms with E-state index in [-0.39, 0.29) is 18.1 Å². The number of nitrogens with zero attached hydrogens (tertiary/aromatic N) is 1. The van der Waals surface area contributed by atoms with Crippen molar-refractivity contribution in [2.24, 2.45) is 5.92 Å². The van der Waals surface area contributed by atoms with Gasteiger partial charge in [0, 0.05) is 19.6 Å². The molecule has 0 aliphatic carbocycles. The molecule has 1 amide bonds. The molecule has 2 saturated heterocycles. The summed E-state index contributed by atoms with van der Waals surface area (Å²) in [6.45, 7) is 4.40. The van der Waals surface area contributed by atoms with Gasteiger partial charge in [0.1, 0.15) is 0 Å². The molecule has 2 N–H and O–H groups in total. The zero-order chi connectivity index (χ0) is 16.2. The number of likely N-dealkylation sites (tertiary alicyclic amines) is 1. The minimum absolute atomic E-state index is 0.172. The Morgan fingerprint density at radius 2 is 1.96 bits per heavy atom. The lowest BCUT2D eigenvalue weighted by atomic mass is 9.90. The summed E-state index contributed by atoms with van der Waals surface area (Å²) in [4.78, 5) is 14.4. The van der Waals surface area contributed by atoms with E-state index in [4.69, 9.17) is 0 Å². The first-order valence-electron chi connectivity index (χ1n) is 8.87. The highest BCUT2D eigenvalue weighted by Gasteiger charge is 2.32. The molecule has 0 saturated carbocycles. The molecule has 2 fully saturated rings. The van der Waals surface area contributed by atoms with Gasteiger partial charge in [-0.1, -0.05) is 29.8 Å².